The second-order valence-corrected chi connectivity index (χ2v) is 6.54. The van der Waals surface area contributed by atoms with Crippen LogP contribution in [0.4, 0.5) is 13.2 Å². The molecule has 18 heavy (non-hydrogen) atoms. The molecule has 8 heteroatoms. The van der Waals surface area contributed by atoms with Gasteiger partial charge in [0.05, 0.1) is 0 Å². The van der Waals surface area contributed by atoms with Crippen LogP contribution in [0, 0.1) is 5.92 Å². The van der Waals surface area contributed by atoms with Crippen molar-refractivity contribution in [3.05, 3.63) is 0 Å². The Kier molecular flexibility index (Phi) is 5.42. The van der Waals surface area contributed by atoms with Gasteiger partial charge in [0.15, 0.2) is 5.75 Å². The molecule has 4 nitrogen and oxygen atoms in total. The van der Waals surface area contributed by atoms with Gasteiger partial charge in [0.25, 0.3) is 0 Å². The minimum atomic E-state index is -4.69. The molecule has 0 radical (unpaired) electrons. The number of rotatable bonds is 5. The standard InChI is InChI=1S/C10H19F3N2O2S/c11-10(12,13)7-18(16,17)15-9-3-1-8(2-4-9)5-6-14/h8-9,15H,1-7,14H2/t8-,9-. The molecule has 1 fully saturated rings. The zero-order valence-electron chi connectivity index (χ0n) is 10.0. The van der Waals surface area contributed by atoms with Gasteiger partial charge < -0.3 is 5.73 Å². The van der Waals surface area contributed by atoms with Crippen molar-refractivity contribution in [3.8, 4) is 0 Å². The van der Waals surface area contributed by atoms with Crippen molar-refractivity contribution >= 4 is 10.0 Å². The van der Waals surface area contributed by atoms with Gasteiger partial charge in [0.1, 0.15) is 0 Å². The van der Waals surface area contributed by atoms with E-state index >= 15 is 0 Å². The Bertz CT molecular complexity index is 349. The third-order valence-corrected chi connectivity index (χ3v) is 4.52. The summed E-state index contributed by atoms with van der Waals surface area (Å²) in [5.74, 6) is -1.33. The quantitative estimate of drug-likeness (QED) is 0.802. The van der Waals surface area contributed by atoms with Gasteiger partial charge in [-0.15, -0.1) is 0 Å². The van der Waals surface area contributed by atoms with Crippen LogP contribution in [0.2, 0.25) is 0 Å². The van der Waals surface area contributed by atoms with Crippen molar-refractivity contribution in [2.45, 2.75) is 44.3 Å². The van der Waals surface area contributed by atoms with Crippen LogP contribution >= 0.6 is 0 Å². The van der Waals surface area contributed by atoms with E-state index in [1.54, 1.807) is 0 Å². The Hall–Kier alpha value is -0.340. The van der Waals surface area contributed by atoms with Gasteiger partial charge in [-0.25, -0.2) is 13.1 Å². The largest absolute Gasteiger partial charge is 0.404 e. The summed E-state index contributed by atoms with van der Waals surface area (Å²) in [5.41, 5.74) is 5.43. The van der Waals surface area contributed by atoms with Crippen LogP contribution in [0.25, 0.3) is 0 Å². The van der Waals surface area contributed by atoms with Crippen LogP contribution in [0.15, 0.2) is 0 Å². The molecule has 0 bridgehead atoms. The van der Waals surface area contributed by atoms with Gasteiger partial charge in [0.2, 0.25) is 10.0 Å². The fourth-order valence-electron chi connectivity index (χ4n) is 2.32. The second kappa shape index (κ2) is 6.21. The lowest BCUT2D eigenvalue weighted by atomic mass is 9.84. The monoisotopic (exact) mass is 288 g/mol. The van der Waals surface area contributed by atoms with E-state index in [0.717, 1.165) is 19.3 Å². The van der Waals surface area contributed by atoms with Crippen LogP contribution in [-0.4, -0.2) is 32.9 Å². The maximum Gasteiger partial charge on any atom is 0.404 e. The number of halogens is 3. The van der Waals surface area contributed by atoms with E-state index < -0.39 is 22.0 Å². The molecule has 0 spiro atoms. The number of sulfonamides is 1. The fourth-order valence-corrected chi connectivity index (χ4v) is 3.57. The highest BCUT2D eigenvalue weighted by Gasteiger charge is 2.36. The first kappa shape index (κ1) is 15.7. The molecule has 1 aliphatic carbocycles. The Morgan fingerprint density at radius 1 is 1.17 bits per heavy atom. The molecular formula is C10H19F3N2O2S. The number of nitrogens with two attached hydrogens (primary N) is 1. The Balaban J connectivity index is 2.41. The van der Waals surface area contributed by atoms with Crippen LogP contribution < -0.4 is 10.5 Å². The summed E-state index contributed by atoms with van der Waals surface area (Å²) in [4.78, 5) is 0. The number of nitrogens with one attached hydrogen (secondary N) is 1. The summed E-state index contributed by atoms with van der Waals surface area (Å²) >= 11 is 0. The Morgan fingerprint density at radius 2 is 1.72 bits per heavy atom. The van der Waals surface area contributed by atoms with Gasteiger partial charge in [0, 0.05) is 6.04 Å². The lowest BCUT2D eigenvalue weighted by Gasteiger charge is -2.28. The smallest absolute Gasteiger partial charge is 0.330 e. The highest BCUT2D eigenvalue weighted by atomic mass is 32.2. The van der Waals surface area contributed by atoms with Gasteiger partial charge in [-0.1, -0.05) is 0 Å². The molecule has 1 saturated carbocycles. The first-order chi connectivity index (χ1) is 8.22. The molecule has 0 aromatic heterocycles. The summed E-state index contributed by atoms with van der Waals surface area (Å²) in [5, 5.41) is 0. The maximum atomic E-state index is 12.0. The van der Waals surface area contributed by atoms with E-state index in [1.807, 2.05) is 0 Å². The molecule has 0 heterocycles. The average molecular weight is 288 g/mol. The predicted octanol–water partition coefficient (Wildman–Crippen LogP) is 1.38. The van der Waals surface area contributed by atoms with Crippen molar-refractivity contribution < 1.29 is 21.6 Å². The predicted molar refractivity (Wildman–Crippen MR) is 62.4 cm³/mol. The van der Waals surface area contributed by atoms with E-state index in [9.17, 15) is 21.6 Å². The molecule has 0 aliphatic heterocycles. The van der Waals surface area contributed by atoms with Crippen LogP contribution in [0.1, 0.15) is 32.1 Å². The molecule has 0 amide bonds. The second-order valence-electron chi connectivity index (χ2n) is 4.79. The van der Waals surface area contributed by atoms with Crippen LogP contribution in [0.3, 0.4) is 0 Å². The summed E-state index contributed by atoms with van der Waals surface area (Å²) in [7, 11) is -4.27. The van der Waals surface area contributed by atoms with Crippen molar-refractivity contribution in [3.63, 3.8) is 0 Å². The van der Waals surface area contributed by atoms with E-state index in [1.165, 1.54) is 0 Å². The van der Waals surface area contributed by atoms with E-state index in [-0.39, 0.29) is 6.04 Å². The number of hydrogen-bond donors (Lipinski definition) is 2. The molecule has 1 rings (SSSR count). The molecule has 108 valence electrons. The van der Waals surface area contributed by atoms with Crippen LogP contribution in [0.5, 0.6) is 0 Å². The minimum absolute atomic E-state index is 0.369. The average Bonchev–Trinajstić information content (AvgIpc) is 2.17. The first-order valence-electron chi connectivity index (χ1n) is 5.98. The Morgan fingerprint density at radius 3 is 2.17 bits per heavy atom. The molecule has 0 aromatic carbocycles. The van der Waals surface area contributed by atoms with Gasteiger partial charge in [-0.2, -0.15) is 13.2 Å². The maximum absolute atomic E-state index is 12.0. The van der Waals surface area contributed by atoms with Gasteiger partial charge in [-0.3, -0.25) is 0 Å². The zero-order valence-corrected chi connectivity index (χ0v) is 10.9. The summed E-state index contributed by atoms with van der Waals surface area (Å²) in [6, 6.07) is -0.369. The molecular weight excluding hydrogens is 269 g/mol. The lowest BCUT2D eigenvalue weighted by Crippen LogP contribution is -2.41. The lowest BCUT2D eigenvalue weighted by molar-refractivity contribution is -0.106. The molecule has 0 saturated heterocycles. The van der Waals surface area contributed by atoms with Gasteiger partial charge >= 0.3 is 6.18 Å². The summed E-state index contributed by atoms with van der Waals surface area (Å²) in [6.45, 7) is 0.592. The third-order valence-electron chi connectivity index (χ3n) is 3.12. The molecule has 0 atom stereocenters. The van der Waals surface area contributed by atoms with Crippen molar-refractivity contribution in [2.24, 2.45) is 11.7 Å². The molecule has 1 aliphatic rings. The number of alkyl halides is 3. The van der Waals surface area contributed by atoms with Crippen molar-refractivity contribution in [1.82, 2.24) is 4.72 Å². The van der Waals surface area contributed by atoms with E-state index in [2.05, 4.69) is 4.72 Å². The van der Waals surface area contributed by atoms with Gasteiger partial charge in [-0.05, 0) is 44.6 Å². The first-order valence-corrected chi connectivity index (χ1v) is 7.64. The summed E-state index contributed by atoms with van der Waals surface area (Å²) < 4.78 is 60.8. The van der Waals surface area contributed by atoms with Crippen molar-refractivity contribution in [1.29, 1.82) is 0 Å². The Labute approximate surface area is 105 Å². The molecule has 0 aromatic rings. The summed E-state index contributed by atoms with van der Waals surface area (Å²) in [6.07, 6.45) is -0.999. The van der Waals surface area contributed by atoms with Crippen molar-refractivity contribution in [2.75, 3.05) is 12.3 Å². The van der Waals surface area contributed by atoms with E-state index in [4.69, 9.17) is 5.73 Å². The third kappa shape index (κ3) is 6.01. The normalized spacial score (nSPS) is 26.2. The SMILES string of the molecule is NCC[C@H]1CC[C@H](NS(=O)(=O)CC(F)(F)F)CC1. The van der Waals surface area contributed by atoms with Crippen LogP contribution in [-0.2, 0) is 10.0 Å². The highest BCUT2D eigenvalue weighted by Crippen LogP contribution is 2.27. The molecule has 3 N–H and O–H groups in total. The topological polar surface area (TPSA) is 72.2 Å². The zero-order chi connectivity index (χ0) is 13.8. The van der Waals surface area contributed by atoms with E-state index in [0.29, 0.717) is 25.3 Å². The number of hydrogen-bond acceptors (Lipinski definition) is 3. The molecule has 0 unspecified atom stereocenters. The highest BCUT2D eigenvalue weighted by molar-refractivity contribution is 7.89. The minimum Gasteiger partial charge on any atom is -0.330 e. The fraction of sp³-hybridized carbons (Fsp3) is 1.00.